The molecule has 3 rings (SSSR count). The molecule has 23 heavy (non-hydrogen) atoms. The summed E-state index contributed by atoms with van der Waals surface area (Å²) < 4.78 is 11.8. The Labute approximate surface area is 138 Å². The number of carbonyl (C=O) groups is 1. The second-order valence-electron chi connectivity index (χ2n) is 7.17. The number of hydrogen-bond acceptors (Lipinski definition) is 3. The second kappa shape index (κ2) is 6.12. The van der Waals surface area contributed by atoms with Gasteiger partial charge in [-0.25, -0.2) is 0 Å². The van der Waals surface area contributed by atoms with Gasteiger partial charge in [0, 0.05) is 18.3 Å². The van der Waals surface area contributed by atoms with Gasteiger partial charge in [0.2, 0.25) is 0 Å². The quantitative estimate of drug-likeness (QED) is 0.621. The van der Waals surface area contributed by atoms with E-state index in [0.717, 1.165) is 0 Å². The van der Waals surface area contributed by atoms with Gasteiger partial charge in [-0.3, -0.25) is 4.79 Å². The minimum atomic E-state index is -0.216. The smallest absolute Gasteiger partial charge is 0.302 e. The van der Waals surface area contributed by atoms with Crippen molar-refractivity contribution in [2.75, 3.05) is 13.2 Å². The summed E-state index contributed by atoms with van der Waals surface area (Å²) in [6, 6.07) is 10.4. The first-order valence-electron chi connectivity index (χ1n) is 8.44. The van der Waals surface area contributed by atoms with E-state index in [1.807, 2.05) is 6.07 Å². The molecule has 0 spiro atoms. The van der Waals surface area contributed by atoms with Gasteiger partial charge in [0.1, 0.15) is 0 Å². The molecule has 0 unspecified atom stereocenters. The Hall–Kier alpha value is -1.61. The van der Waals surface area contributed by atoms with Gasteiger partial charge in [0.25, 0.3) is 0 Å². The molecule has 1 aromatic carbocycles. The molecule has 0 radical (unpaired) electrons. The minimum absolute atomic E-state index is 0.0837. The zero-order valence-corrected chi connectivity index (χ0v) is 14.4. The highest BCUT2D eigenvalue weighted by Crippen LogP contribution is 2.56. The maximum atomic E-state index is 11.3. The van der Waals surface area contributed by atoms with Gasteiger partial charge in [0.15, 0.2) is 0 Å². The Morgan fingerprint density at radius 2 is 2.00 bits per heavy atom. The Balaban J connectivity index is 1.95. The lowest BCUT2D eigenvalue weighted by Crippen LogP contribution is -2.54. The van der Waals surface area contributed by atoms with Crippen molar-refractivity contribution in [1.29, 1.82) is 0 Å². The number of ether oxygens (including phenoxy) is 2. The van der Waals surface area contributed by atoms with Gasteiger partial charge < -0.3 is 9.47 Å². The van der Waals surface area contributed by atoms with E-state index in [0.29, 0.717) is 31.0 Å². The van der Waals surface area contributed by atoms with Gasteiger partial charge in [-0.15, -0.1) is 0 Å². The molecule has 0 aromatic heterocycles. The van der Waals surface area contributed by atoms with Crippen molar-refractivity contribution in [2.45, 2.75) is 33.8 Å². The van der Waals surface area contributed by atoms with E-state index in [1.165, 1.54) is 18.1 Å². The van der Waals surface area contributed by atoms with Gasteiger partial charge in [0.05, 0.1) is 19.3 Å². The largest absolute Gasteiger partial charge is 0.465 e. The average molecular weight is 314 g/mol. The van der Waals surface area contributed by atoms with Crippen LogP contribution in [-0.4, -0.2) is 19.2 Å². The van der Waals surface area contributed by atoms with E-state index in [4.69, 9.17) is 9.47 Å². The summed E-state index contributed by atoms with van der Waals surface area (Å²) in [6.45, 7) is 9.25. The van der Waals surface area contributed by atoms with Crippen molar-refractivity contribution in [3.05, 3.63) is 47.5 Å². The fourth-order valence-corrected chi connectivity index (χ4v) is 4.44. The summed E-state index contributed by atoms with van der Waals surface area (Å²) in [7, 11) is 0. The van der Waals surface area contributed by atoms with E-state index in [1.54, 1.807) is 0 Å². The molecule has 1 heterocycles. The predicted octanol–water partition coefficient (Wildman–Crippen LogP) is 4.16. The van der Waals surface area contributed by atoms with Crippen molar-refractivity contribution in [1.82, 2.24) is 0 Å². The lowest BCUT2D eigenvalue weighted by molar-refractivity contribution is -0.180. The molecule has 0 amide bonds. The van der Waals surface area contributed by atoms with Gasteiger partial charge >= 0.3 is 5.97 Å². The number of benzene rings is 1. The van der Waals surface area contributed by atoms with Crippen molar-refractivity contribution < 1.29 is 14.3 Å². The van der Waals surface area contributed by atoms with Crippen LogP contribution < -0.4 is 0 Å². The molecule has 3 nitrogen and oxygen atoms in total. The van der Waals surface area contributed by atoms with Crippen LogP contribution in [-0.2, 0) is 14.3 Å². The van der Waals surface area contributed by atoms with Crippen LogP contribution >= 0.6 is 0 Å². The molecule has 1 aliphatic carbocycles. The number of carbonyl (C=O) groups excluding carboxylic acids is 1. The van der Waals surface area contributed by atoms with Crippen LogP contribution in [0.15, 0.2) is 42.0 Å². The predicted molar refractivity (Wildman–Crippen MR) is 89.8 cm³/mol. The molecule has 2 bridgehead atoms. The molecule has 1 saturated heterocycles. The van der Waals surface area contributed by atoms with Crippen molar-refractivity contribution >= 4 is 5.97 Å². The third kappa shape index (κ3) is 2.72. The zero-order valence-electron chi connectivity index (χ0n) is 14.4. The number of fused-ring (bicyclic) bond motifs is 2. The SMILES string of the molecule is CC(=O)OC[C@@]12CO[C@H](c3ccccc3)[C@H](C(C)=C[C@@H]1C)[C@@H]2C. The first-order chi connectivity index (χ1) is 11.0. The standard InChI is InChI=1S/C20H26O3/c1-13-10-14(2)20(11-22-16(4)21)12-23-19(18(13)15(20)3)17-8-6-5-7-9-17/h5-10,14-15,18-19H,11-12H2,1-4H3/t14-,15-,18+,19+,20+/m0/s1. The molecule has 1 aliphatic heterocycles. The van der Waals surface area contributed by atoms with E-state index in [9.17, 15) is 4.79 Å². The summed E-state index contributed by atoms with van der Waals surface area (Å²) in [5.41, 5.74) is 2.49. The van der Waals surface area contributed by atoms with E-state index < -0.39 is 0 Å². The molecular formula is C20H26O3. The van der Waals surface area contributed by atoms with Crippen LogP contribution in [0, 0.1) is 23.2 Å². The van der Waals surface area contributed by atoms with Crippen LogP contribution in [0.5, 0.6) is 0 Å². The summed E-state index contributed by atoms with van der Waals surface area (Å²) in [5, 5.41) is 0. The Morgan fingerprint density at radius 1 is 1.30 bits per heavy atom. The van der Waals surface area contributed by atoms with E-state index >= 15 is 0 Å². The fourth-order valence-electron chi connectivity index (χ4n) is 4.44. The third-order valence-electron chi connectivity index (χ3n) is 5.92. The van der Waals surface area contributed by atoms with Crippen LogP contribution in [0.25, 0.3) is 0 Å². The van der Waals surface area contributed by atoms with Crippen LogP contribution in [0.2, 0.25) is 0 Å². The number of hydrogen-bond donors (Lipinski definition) is 0. The lowest BCUT2D eigenvalue weighted by atomic mass is 9.56. The maximum absolute atomic E-state index is 11.3. The normalized spacial score (nSPS) is 36.3. The molecular weight excluding hydrogens is 288 g/mol. The van der Waals surface area contributed by atoms with Crippen LogP contribution in [0.4, 0.5) is 0 Å². The van der Waals surface area contributed by atoms with Crippen molar-refractivity contribution in [3.63, 3.8) is 0 Å². The van der Waals surface area contributed by atoms with Crippen molar-refractivity contribution in [2.24, 2.45) is 23.2 Å². The molecule has 124 valence electrons. The lowest BCUT2D eigenvalue weighted by Gasteiger charge is -2.55. The first-order valence-corrected chi connectivity index (χ1v) is 8.44. The molecule has 0 N–H and O–H groups in total. The molecule has 1 aromatic rings. The maximum Gasteiger partial charge on any atom is 0.302 e. The Kier molecular flexibility index (Phi) is 4.33. The number of rotatable bonds is 3. The topological polar surface area (TPSA) is 35.5 Å². The second-order valence-corrected chi connectivity index (χ2v) is 7.17. The van der Waals surface area contributed by atoms with Crippen molar-refractivity contribution in [3.8, 4) is 0 Å². The van der Waals surface area contributed by atoms with Gasteiger partial charge in [-0.2, -0.15) is 0 Å². The monoisotopic (exact) mass is 314 g/mol. The Morgan fingerprint density at radius 3 is 2.65 bits per heavy atom. The molecule has 1 fully saturated rings. The van der Waals surface area contributed by atoms with E-state index in [2.05, 4.69) is 51.1 Å². The molecule has 5 atom stereocenters. The van der Waals surface area contributed by atoms with Crippen LogP contribution in [0.1, 0.15) is 39.4 Å². The van der Waals surface area contributed by atoms with Gasteiger partial charge in [-0.1, -0.05) is 55.8 Å². The summed E-state index contributed by atoms with van der Waals surface area (Å²) in [6.07, 6.45) is 2.44. The van der Waals surface area contributed by atoms with E-state index in [-0.39, 0.29) is 17.5 Å². The Bertz CT molecular complexity index is 607. The molecule has 2 aliphatic rings. The summed E-state index contributed by atoms with van der Waals surface area (Å²) in [5.74, 6) is 0.857. The molecule has 0 saturated carbocycles. The minimum Gasteiger partial charge on any atom is -0.465 e. The molecule has 3 heteroatoms. The fraction of sp³-hybridized carbons (Fsp3) is 0.550. The average Bonchev–Trinajstić information content (AvgIpc) is 2.52. The highest BCUT2D eigenvalue weighted by molar-refractivity contribution is 5.66. The number of allylic oxidation sites excluding steroid dienone is 1. The number of esters is 1. The zero-order chi connectivity index (χ0) is 16.6. The first kappa shape index (κ1) is 16.3. The highest BCUT2D eigenvalue weighted by Gasteiger charge is 2.54. The highest BCUT2D eigenvalue weighted by atomic mass is 16.5. The third-order valence-corrected chi connectivity index (χ3v) is 5.92. The van der Waals surface area contributed by atoms with Crippen LogP contribution in [0.3, 0.4) is 0 Å². The summed E-state index contributed by atoms with van der Waals surface area (Å²) >= 11 is 0. The summed E-state index contributed by atoms with van der Waals surface area (Å²) in [4.78, 5) is 11.3. The van der Waals surface area contributed by atoms with Gasteiger partial charge in [-0.05, 0) is 24.3 Å².